The molecule has 4 rings (SSSR count). The number of imidazole rings is 1. The number of hydrogen-bond donors (Lipinski definition) is 1. The first-order valence-electron chi connectivity index (χ1n) is 8.45. The van der Waals surface area contributed by atoms with Gasteiger partial charge in [-0.2, -0.15) is 0 Å². The second kappa shape index (κ2) is 6.55. The standard InChI is InChI=1S/C19H20N4O2/c1-25-15-8-4-13(5-9-15)12-23-17(11-21-19(24)14-6-7-14)22-16-3-2-10-20-18(16)23/h2-5,8-10,14H,6-7,11-12H2,1H3,(H,21,24). The number of aromatic nitrogens is 3. The predicted octanol–water partition coefficient (Wildman–Crippen LogP) is 2.51. The van der Waals surface area contributed by atoms with Crippen molar-refractivity contribution in [1.29, 1.82) is 0 Å². The maximum absolute atomic E-state index is 12.0. The third-order valence-corrected chi connectivity index (χ3v) is 4.45. The van der Waals surface area contributed by atoms with Gasteiger partial charge in [-0.1, -0.05) is 12.1 Å². The molecule has 0 spiro atoms. The minimum Gasteiger partial charge on any atom is -0.497 e. The molecule has 2 heterocycles. The number of benzene rings is 1. The first-order valence-corrected chi connectivity index (χ1v) is 8.45. The number of amides is 1. The van der Waals surface area contributed by atoms with Crippen LogP contribution in [0.15, 0.2) is 42.6 Å². The highest BCUT2D eigenvalue weighted by molar-refractivity contribution is 5.80. The van der Waals surface area contributed by atoms with Gasteiger partial charge < -0.3 is 14.6 Å². The van der Waals surface area contributed by atoms with E-state index in [1.54, 1.807) is 13.3 Å². The molecule has 25 heavy (non-hydrogen) atoms. The van der Waals surface area contributed by atoms with Crippen LogP contribution in [0.2, 0.25) is 0 Å². The highest BCUT2D eigenvalue weighted by atomic mass is 16.5. The Morgan fingerprint density at radius 2 is 2.08 bits per heavy atom. The maximum Gasteiger partial charge on any atom is 0.223 e. The highest BCUT2D eigenvalue weighted by Gasteiger charge is 2.29. The average Bonchev–Trinajstić information content (AvgIpc) is 3.44. The van der Waals surface area contributed by atoms with Crippen LogP contribution in [-0.4, -0.2) is 27.6 Å². The zero-order chi connectivity index (χ0) is 17.2. The van der Waals surface area contributed by atoms with Gasteiger partial charge in [0.2, 0.25) is 5.91 Å². The lowest BCUT2D eigenvalue weighted by atomic mass is 10.2. The van der Waals surface area contributed by atoms with Crippen molar-refractivity contribution in [2.24, 2.45) is 5.92 Å². The van der Waals surface area contributed by atoms with E-state index in [9.17, 15) is 4.79 Å². The number of fused-ring (bicyclic) bond motifs is 1. The fourth-order valence-corrected chi connectivity index (χ4v) is 2.88. The molecule has 1 amide bonds. The first-order chi connectivity index (χ1) is 12.2. The Kier molecular flexibility index (Phi) is 4.09. The second-order valence-corrected chi connectivity index (χ2v) is 6.30. The van der Waals surface area contributed by atoms with E-state index in [2.05, 4.69) is 19.9 Å². The Bertz CT molecular complexity index is 897. The maximum atomic E-state index is 12.0. The summed E-state index contributed by atoms with van der Waals surface area (Å²) in [4.78, 5) is 21.1. The van der Waals surface area contributed by atoms with Crippen molar-refractivity contribution in [3.63, 3.8) is 0 Å². The van der Waals surface area contributed by atoms with Gasteiger partial charge in [0.1, 0.15) is 17.1 Å². The van der Waals surface area contributed by atoms with Crippen molar-refractivity contribution >= 4 is 17.1 Å². The molecular formula is C19H20N4O2. The number of rotatable bonds is 6. The number of ether oxygens (including phenoxy) is 1. The summed E-state index contributed by atoms with van der Waals surface area (Å²) in [7, 11) is 1.66. The van der Waals surface area contributed by atoms with Crippen LogP contribution in [-0.2, 0) is 17.9 Å². The van der Waals surface area contributed by atoms with E-state index in [4.69, 9.17) is 4.74 Å². The van der Waals surface area contributed by atoms with E-state index in [0.29, 0.717) is 13.1 Å². The van der Waals surface area contributed by atoms with Crippen LogP contribution in [0.1, 0.15) is 24.2 Å². The molecule has 0 bridgehead atoms. The normalized spacial score (nSPS) is 13.8. The summed E-state index contributed by atoms with van der Waals surface area (Å²) < 4.78 is 7.27. The molecule has 1 saturated carbocycles. The van der Waals surface area contributed by atoms with E-state index in [-0.39, 0.29) is 11.8 Å². The SMILES string of the molecule is COc1ccc(Cn2c(CNC(=O)C3CC3)nc3cccnc32)cc1. The largest absolute Gasteiger partial charge is 0.497 e. The van der Waals surface area contributed by atoms with E-state index in [1.807, 2.05) is 36.4 Å². The number of hydrogen-bond acceptors (Lipinski definition) is 4. The topological polar surface area (TPSA) is 69.0 Å². The Balaban J connectivity index is 1.62. The Hall–Kier alpha value is -2.89. The monoisotopic (exact) mass is 336 g/mol. The van der Waals surface area contributed by atoms with Crippen LogP contribution in [0.3, 0.4) is 0 Å². The third-order valence-electron chi connectivity index (χ3n) is 4.45. The van der Waals surface area contributed by atoms with Gasteiger partial charge in [0.15, 0.2) is 5.65 Å². The molecular weight excluding hydrogens is 316 g/mol. The number of carbonyl (C=O) groups excluding carboxylic acids is 1. The van der Waals surface area contributed by atoms with Crippen LogP contribution < -0.4 is 10.1 Å². The van der Waals surface area contributed by atoms with Crippen LogP contribution in [0, 0.1) is 5.92 Å². The van der Waals surface area contributed by atoms with Crippen LogP contribution >= 0.6 is 0 Å². The molecule has 6 heteroatoms. The molecule has 0 saturated heterocycles. The molecule has 1 fully saturated rings. The van der Waals surface area contributed by atoms with Gasteiger partial charge in [-0.15, -0.1) is 0 Å². The highest BCUT2D eigenvalue weighted by Crippen LogP contribution is 2.28. The molecule has 0 aliphatic heterocycles. The second-order valence-electron chi connectivity index (χ2n) is 6.30. The van der Waals surface area contributed by atoms with E-state index in [1.165, 1.54) is 0 Å². The van der Waals surface area contributed by atoms with Crippen molar-refractivity contribution in [3.8, 4) is 5.75 Å². The minimum atomic E-state index is 0.121. The molecule has 2 aromatic heterocycles. The number of nitrogens with one attached hydrogen (secondary N) is 1. The van der Waals surface area contributed by atoms with Gasteiger partial charge >= 0.3 is 0 Å². The summed E-state index contributed by atoms with van der Waals surface area (Å²) in [5.74, 6) is 1.96. The zero-order valence-corrected chi connectivity index (χ0v) is 14.1. The van der Waals surface area contributed by atoms with Crippen LogP contribution in [0.4, 0.5) is 0 Å². The smallest absolute Gasteiger partial charge is 0.223 e. The molecule has 0 radical (unpaired) electrons. The predicted molar refractivity (Wildman–Crippen MR) is 94.2 cm³/mol. The fraction of sp³-hybridized carbons (Fsp3) is 0.316. The summed E-state index contributed by atoms with van der Waals surface area (Å²) >= 11 is 0. The van der Waals surface area contributed by atoms with Gasteiger partial charge in [-0.25, -0.2) is 9.97 Å². The van der Waals surface area contributed by atoms with Crippen molar-refractivity contribution in [3.05, 3.63) is 54.0 Å². The summed E-state index contributed by atoms with van der Waals surface area (Å²) in [6, 6.07) is 11.8. The molecule has 128 valence electrons. The molecule has 0 unspecified atom stereocenters. The van der Waals surface area contributed by atoms with Gasteiger partial charge in [0.05, 0.1) is 20.2 Å². The molecule has 6 nitrogen and oxygen atoms in total. The lowest BCUT2D eigenvalue weighted by Crippen LogP contribution is -2.26. The molecule has 1 aliphatic rings. The number of methoxy groups -OCH3 is 1. The van der Waals surface area contributed by atoms with Gasteiger partial charge in [-0.3, -0.25) is 4.79 Å². The van der Waals surface area contributed by atoms with Crippen LogP contribution in [0.5, 0.6) is 5.75 Å². The quantitative estimate of drug-likeness (QED) is 0.751. The van der Waals surface area contributed by atoms with E-state index >= 15 is 0 Å². The fourth-order valence-electron chi connectivity index (χ4n) is 2.88. The molecule has 1 N–H and O–H groups in total. The number of carbonyl (C=O) groups is 1. The Morgan fingerprint density at radius 3 is 2.80 bits per heavy atom. The number of pyridine rings is 1. The van der Waals surface area contributed by atoms with Crippen LogP contribution in [0.25, 0.3) is 11.2 Å². The summed E-state index contributed by atoms with van der Waals surface area (Å²) in [5, 5.41) is 3.00. The van der Waals surface area contributed by atoms with Crippen molar-refractivity contribution in [2.45, 2.75) is 25.9 Å². The zero-order valence-electron chi connectivity index (χ0n) is 14.1. The summed E-state index contributed by atoms with van der Waals surface area (Å²) in [6.07, 6.45) is 3.76. The number of nitrogens with zero attached hydrogens (tertiary/aromatic N) is 3. The molecule has 0 atom stereocenters. The minimum absolute atomic E-state index is 0.121. The van der Waals surface area contributed by atoms with Crippen molar-refractivity contribution < 1.29 is 9.53 Å². The summed E-state index contributed by atoms with van der Waals surface area (Å²) in [6.45, 7) is 1.06. The first kappa shape index (κ1) is 15.6. The molecule has 1 aromatic carbocycles. The van der Waals surface area contributed by atoms with Crippen molar-refractivity contribution in [1.82, 2.24) is 19.9 Å². The Labute approximate surface area is 145 Å². The van der Waals surface area contributed by atoms with Gasteiger partial charge in [0, 0.05) is 12.1 Å². The summed E-state index contributed by atoms with van der Waals surface area (Å²) in [5.41, 5.74) is 2.79. The van der Waals surface area contributed by atoms with Gasteiger partial charge in [-0.05, 0) is 42.7 Å². The van der Waals surface area contributed by atoms with E-state index < -0.39 is 0 Å². The van der Waals surface area contributed by atoms with E-state index in [0.717, 1.165) is 41.1 Å². The van der Waals surface area contributed by atoms with Crippen molar-refractivity contribution in [2.75, 3.05) is 7.11 Å². The lowest BCUT2D eigenvalue weighted by Gasteiger charge is -2.10. The Morgan fingerprint density at radius 1 is 1.28 bits per heavy atom. The molecule has 1 aliphatic carbocycles. The average molecular weight is 336 g/mol. The molecule has 3 aromatic rings. The van der Waals surface area contributed by atoms with Gasteiger partial charge in [0.25, 0.3) is 0 Å². The lowest BCUT2D eigenvalue weighted by molar-refractivity contribution is -0.122. The third kappa shape index (κ3) is 3.33.